The van der Waals surface area contributed by atoms with Crippen molar-refractivity contribution in [2.75, 3.05) is 19.7 Å². The van der Waals surface area contributed by atoms with Gasteiger partial charge in [0.15, 0.2) is 0 Å². The third-order valence-electron chi connectivity index (χ3n) is 5.27. The Hall–Kier alpha value is -3.46. The Labute approximate surface area is 179 Å². The molecule has 0 unspecified atom stereocenters. The Bertz CT molecular complexity index is 1130. The van der Waals surface area contributed by atoms with Crippen LogP contribution in [0.5, 0.6) is 0 Å². The lowest BCUT2D eigenvalue weighted by molar-refractivity contribution is -0.139. The molecule has 0 bridgehead atoms. The molecule has 1 fully saturated rings. The van der Waals surface area contributed by atoms with E-state index < -0.39 is 0 Å². The first kappa shape index (κ1) is 20.8. The number of morpholine rings is 1. The average Bonchev–Trinajstić information content (AvgIpc) is 2.79. The lowest BCUT2D eigenvalue weighted by Crippen LogP contribution is -2.43. The van der Waals surface area contributed by atoms with Crippen LogP contribution in [0.4, 0.5) is 0 Å². The van der Waals surface area contributed by atoms with Gasteiger partial charge in [-0.05, 0) is 32.0 Å². The van der Waals surface area contributed by atoms with Crippen LogP contribution in [0.1, 0.15) is 29.6 Å². The summed E-state index contributed by atoms with van der Waals surface area (Å²) in [4.78, 5) is 43.4. The van der Waals surface area contributed by atoms with E-state index in [0.717, 1.165) is 22.6 Å². The normalized spacial score (nSPS) is 16.3. The molecule has 31 heavy (non-hydrogen) atoms. The molecular weight excluding hydrogens is 396 g/mol. The Balaban J connectivity index is 1.43. The molecule has 9 heteroatoms. The van der Waals surface area contributed by atoms with Crippen LogP contribution in [0.15, 0.2) is 47.8 Å². The SMILES string of the molecule is Cc1cc(C)n(CCC(=O)N2CCO[C@@H](c3cccc(-c4cncnc4)n3)C2)c(=O)n1. The van der Waals surface area contributed by atoms with E-state index in [1.54, 1.807) is 24.2 Å². The van der Waals surface area contributed by atoms with Gasteiger partial charge in [-0.3, -0.25) is 9.36 Å². The zero-order chi connectivity index (χ0) is 21.8. The summed E-state index contributed by atoms with van der Waals surface area (Å²) < 4.78 is 7.43. The summed E-state index contributed by atoms with van der Waals surface area (Å²) in [5.41, 5.74) is 3.49. The molecule has 1 atom stereocenters. The van der Waals surface area contributed by atoms with Gasteiger partial charge in [-0.15, -0.1) is 0 Å². The molecule has 1 aliphatic rings. The lowest BCUT2D eigenvalue weighted by atomic mass is 10.1. The van der Waals surface area contributed by atoms with Crippen molar-refractivity contribution in [3.63, 3.8) is 0 Å². The minimum atomic E-state index is -0.323. The van der Waals surface area contributed by atoms with Gasteiger partial charge in [0, 0.05) is 48.9 Å². The van der Waals surface area contributed by atoms with Crippen LogP contribution in [-0.4, -0.2) is 55.0 Å². The second-order valence-electron chi connectivity index (χ2n) is 7.50. The first-order valence-electron chi connectivity index (χ1n) is 10.2. The van der Waals surface area contributed by atoms with Crippen molar-refractivity contribution in [1.82, 2.24) is 29.4 Å². The fourth-order valence-corrected chi connectivity index (χ4v) is 3.69. The third-order valence-corrected chi connectivity index (χ3v) is 5.27. The standard InChI is InChI=1S/C22H24N6O3/c1-15-10-16(2)28(22(30)25-15)7-6-21(29)27-8-9-31-20(13-27)19-5-3-4-18(26-19)17-11-23-14-24-12-17/h3-5,10-12,14,20H,6-9,13H2,1-2H3/t20-/m1/s1. The van der Waals surface area contributed by atoms with Crippen molar-refractivity contribution < 1.29 is 9.53 Å². The van der Waals surface area contributed by atoms with Crippen LogP contribution in [0, 0.1) is 13.8 Å². The fraction of sp³-hybridized carbons (Fsp3) is 0.364. The Kier molecular flexibility index (Phi) is 6.13. The third kappa shape index (κ3) is 4.83. The van der Waals surface area contributed by atoms with Crippen LogP contribution < -0.4 is 5.69 Å². The number of pyridine rings is 1. The van der Waals surface area contributed by atoms with Crippen molar-refractivity contribution in [2.45, 2.75) is 32.9 Å². The van der Waals surface area contributed by atoms with E-state index in [1.165, 1.54) is 10.9 Å². The molecule has 1 amide bonds. The summed E-state index contributed by atoms with van der Waals surface area (Å²) in [6.07, 6.45) is 4.81. The van der Waals surface area contributed by atoms with Crippen LogP contribution in [0.2, 0.25) is 0 Å². The zero-order valence-electron chi connectivity index (χ0n) is 17.6. The number of ether oxygens (including phenoxy) is 1. The first-order chi connectivity index (χ1) is 15.0. The van der Waals surface area contributed by atoms with Crippen molar-refractivity contribution in [2.24, 2.45) is 0 Å². The van der Waals surface area contributed by atoms with E-state index in [4.69, 9.17) is 4.74 Å². The summed E-state index contributed by atoms with van der Waals surface area (Å²) >= 11 is 0. The van der Waals surface area contributed by atoms with Gasteiger partial charge in [0.05, 0.1) is 24.5 Å². The van der Waals surface area contributed by atoms with E-state index >= 15 is 0 Å². The smallest absolute Gasteiger partial charge is 0.347 e. The number of nitrogens with zero attached hydrogens (tertiary/aromatic N) is 6. The van der Waals surface area contributed by atoms with Gasteiger partial charge in [0.1, 0.15) is 12.4 Å². The summed E-state index contributed by atoms with van der Waals surface area (Å²) in [6.45, 7) is 5.30. The number of rotatable bonds is 5. The van der Waals surface area contributed by atoms with Gasteiger partial charge in [0.25, 0.3) is 0 Å². The van der Waals surface area contributed by atoms with Crippen LogP contribution in [-0.2, 0) is 16.1 Å². The topological polar surface area (TPSA) is 103 Å². The number of aromatic nitrogens is 5. The maximum atomic E-state index is 12.8. The molecule has 160 valence electrons. The number of hydrogen-bond acceptors (Lipinski definition) is 7. The number of carbonyl (C=O) groups is 1. The Morgan fingerprint density at radius 1 is 1.19 bits per heavy atom. The molecule has 0 aromatic carbocycles. The molecule has 4 rings (SSSR count). The molecular formula is C22H24N6O3. The van der Waals surface area contributed by atoms with Crippen LogP contribution in [0.3, 0.4) is 0 Å². The second kappa shape index (κ2) is 9.13. The maximum absolute atomic E-state index is 12.8. The molecule has 1 aliphatic heterocycles. The molecule has 1 saturated heterocycles. The number of amides is 1. The first-order valence-corrected chi connectivity index (χ1v) is 10.2. The maximum Gasteiger partial charge on any atom is 0.347 e. The highest BCUT2D eigenvalue weighted by molar-refractivity contribution is 5.76. The van der Waals surface area contributed by atoms with E-state index in [0.29, 0.717) is 31.9 Å². The Morgan fingerprint density at radius 3 is 2.77 bits per heavy atom. The summed E-state index contributed by atoms with van der Waals surface area (Å²) in [5.74, 6) is -0.0206. The summed E-state index contributed by atoms with van der Waals surface area (Å²) in [6, 6.07) is 7.54. The molecule has 0 radical (unpaired) electrons. The van der Waals surface area contributed by atoms with E-state index in [-0.39, 0.29) is 24.1 Å². The number of hydrogen-bond donors (Lipinski definition) is 0. The minimum absolute atomic E-state index is 0.0206. The van der Waals surface area contributed by atoms with Crippen molar-refractivity contribution >= 4 is 5.91 Å². The van der Waals surface area contributed by atoms with Crippen LogP contribution in [0.25, 0.3) is 11.3 Å². The van der Waals surface area contributed by atoms with Gasteiger partial charge in [-0.1, -0.05) is 6.07 Å². The highest BCUT2D eigenvalue weighted by Gasteiger charge is 2.26. The molecule has 0 saturated carbocycles. The van der Waals surface area contributed by atoms with Gasteiger partial charge in [0.2, 0.25) is 5.91 Å². The quantitative estimate of drug-likeness (QED) is 0.619. The second-order valence-corrected chi connectivity index (χ2v) is 7.50. The predicted molar refractivity (Wildman–Crippen MR) is 113 cm³/mol. The van der Waals surface area contributed by atoms with Crippen molar-refractivity contribution in [1.29, 1.82) is 0 Å². The highest BCUT2D eigenvalue weighted by Crippen LogP contribution is 2.24. The minimum Gasteiger partial charge on any atom is -0.368 e. The highest BCUT2D eigenvalue weighted by atomic mass is 16.5. The zero-order valence-corrected chi connectivity index (χ0v) is 17.6. The largest absolute Gasteiger partial charge is 0.368 e. The van der Waals surface area contributed by atoms with Gasteiger partial charge < -0.3 is 9.64 Å². The van der Waals surface area contributed by atoms with E-state index in [2.05, 4.69) is 19.9 Å². The molecule has 0 N–H and O–H groups in total. The molecule has 3 aromatic rings. The number of aryl methyl sites for hydroxylation is 2. The average molecular weight is 420 g/mol. The number of carbonyl (C=O) groups excluding carboxylic acids is 1. The summed E-state index contributed by atoms with van der Waals surface area (Å²) in [7, 11) is 0. The molecule has 3 aromatic heterocycles. The van der Waals surface area contributed by atoms with E-state index in [1.807, 2.05) is 31.2 Å². The van der Waals surface area contributed by atoms with Crippen LogP contribution >= 0.6 is 0 Å². The Morgan fingerprint density at radius 2 is 2.00 bits per heavy atom. The van der Waals surface area contributed by atoms with Crippen molar-refractivity contribution in [3.05, 3.63) is 70.6 Å². The van der Waals surface area contributed by atoms with Gasteiger partial charge in [-0.25, -0.2) is 19.7 Å². The molecule has 9 nitrogen and oxygen atoms in total. The van der Waals surface area contributed by atoms with Crippen molar-refractivity contribution in [3.8, 4) is 11.3 Å². The van der Waals surface area contributed by atoms with Gasteiger partial charge >= 0.3 is 5.69 Å². The predicted octanol–water partition coefficient (Wildman–Crippen LogP) is 1.70. The monoisotopic (exact) mass is 420 g/mol. The lowest BCUT2D eigenvalue weighted by Gasteiger charge is -2.33. The fourth-order valence-electron chi connectivity index (χ4n) is 3.69. The molecule has 0 aliphatic carbocycles. The van der Waals surface area contributed by atoms with E-state index in [9.17, 15) is 9.59 Å². The van der Waals surface area contributed by atoms with Gasteiger partial charge in [-0.2, -0.15) is 4.98 Å². The molecule has 0 spiro atoms. The molecule has 4 heterocycles. The summed E-state index contributed by atoms with van der Waals surface area (Å²) in [5, 5.41) is 0.